The van der Waals surface area contributed by atoms with Crippen molar-refractivity contribution in [1.29, 1.82) is 0 Å². The lowest BCUT2D eigenvalue weighted by molar-refractivity contribution is -0.143. The first kappa shape index (κ1) is 63.2. The maximum Gasteiger partial charge on any atom is 0.326 e. The van der Waals surface area contributed by atoms with Crippen molar-refractivity contribution in [2.75, 3.05) is 18.6 Å². The third-order valence-corrected chi connectivity index (χ3v) is 13.5. The third-order valence-electron chi connectivity index (χ3n) is 12.8. The van der Waals surface area contributed by atoms with E-state index < -0.39 is 139 Å². The number of aromatic nitrogens is 1. The SMILES string of the molecule is CC[C@H](C)[C@H](NC(=O)[C@H](CCSC)NC(=O)[C@@H](N)C(C)C)C(=O)N[C@@H](CCCCN)C(=O)N[C@@H](Cc1c[nH]c2ccccc12)C(=O)N[C@@H](CCC(=O)O)C(=O)N[C@@H](CCC(=O)O)C(=O)N[C@@H](Cc1ccccc1)C(=O)O. The number of carboxylic acid groups (broad SMARTS) is 3. The zero-order valence-electron chi connectivity index (χ0n) is 43.7. The molecule has 0 unspecified atom stereocenters. The topological polar surface area (TPSA) is 383 Å². The second kappa shape index (κ2) is 32.4. The Morgan fingerprint density at radius 2 is 1.07 bits per heavy atom. The molecule has 76 heavy (non-hydrogen) atoms. The Labute approximate surface area is 446 Å². The Morgan fingerprint density at radius 1 is 0.579 bits per heavy atom. The molecule has 0 aliphatic carbocycles. The minimum absolute atomic E-state index is 0.0222. The van der Waals surface area contributed by atoms with Gasteiger partial charge in [0.25, 0.3) is 0 Å². The number of amides is 7. The first-order valence-corrected chi connectivity index (χ1v) is 26.8. The van der Waals surface area contributed by atoms with Crippen LogP contribution in [0, 0.1) is 11.8 Å². The fourth-order valence-corrected chi connectivity index (χ4v) is 8.47. The zero-order chi connectivity index (χ0) is 56.5. The first-order chi connectivity index (χ1) is 36.1. The molecule has 0 radical (unpaired) electrons. The maximum atomic E-state index is 14.6. The molecule has 0 aliphatic rings. The number of carbonyl (C=O) groups is 10. The quantitative estimate of drug-likeness (QED) is 0.0367. The molecule has 7 amide bonds. The highest BCUT2D eigenvalue weighted by atomic mass is 32.2. The molecule has 0 bridgehead atoms. The van der Waals surface area contributed by atoms with Crippen LogP contribution in [0.25, 0.3) is 10.9 Å². The van der Waals surface area contributed by atoms with Crippen LogP contribution in [0.1, 0.15) is 96.6 Å². The molecule has 0 fully saturated rings. The normalized spacial score (nSPS) is 14.8. The minimum Gasteiger partial charge on any atom is -0.481 e. The van der Waals surface area contributed by atoms with Gasteiger partial charge >= 0.3 is 17.9 Å². The molecule has 0 saturated heterocycles. The summed E-state index contributed by atoms with van der Waals surface area (Å²) >= 11 is 1.45. The number of rotatable bonds is 35. The molecule has 23 nitrogen and oxygen atoms in total. The Balaban J connectivity index is 2.00. The van der Waals surface area contributed by atoms with E-state index in [0.29, 0.717) is 47.0 Å². The monoisotopic (exact) mass is 1080 g/mol. The van der Waals surface area contributed by atoms with E-state index in [0.717, 1.165) is 0 Å². The number of nitrogens with one attached hydrogen (secondary N) is 8. The van der Waals surface area contributed by atoms with Crippen LogP contribution < -0.4 is 48.7 Å². The van der Waals surface area contributed by atoms with Crippen LogP contribution in [0.3, 0.4) is 0 Å². The predicted octanol–water partition coefficient (Wildman–Crippen LogP) is 1.07. The second-order valence-electron chi connectivity index (χ2n) is 19.0. The number of H-pyrrole nitrogens is 1. The summed E-state index contributed by atoms with van der Waals surface area (Å²) in [6.45, 7) is 7.32. The van der Waals surface area contributed by atoms with Crippen molar-refractivity contribution in [1.82, 2.24) is 42.2 Å². The number of para-hydroxylation sites is 1. The van der Waals surface area contributed by atoms with Crippen molar-refractivity contribution in [3.8, 4) is 0 Å². The van der Waals surface area contributed by atoms with Gasteiger partial charge in [-0.05, 0) is 86.1 Å². The smallest absolute Gasteiger partial charge is 0.326 e. The van der Waals surface area contributed by atoms with Gasteiger partial charge in [-0.2, -0.15) is 11.8 Å². The number of benzene rings is 2. The van der Waals surface area contributed by atoms with Gasteiger partial charge in [0.05, 0.1) is 6.04 Å². The number of hydrogen-bond donors (Lipinski definition) is 13. The fourth-order valence-electron chi connectivity index (χ4n) is 8.00. The number of fused-ring (bicyclic) bond motifs is 1. The molecule has 1 aromatic heterocycles. The maximum absolute atomic E-state index is 14.6. The first-order valence-electron chi connectivity index (χ1n) is 25.4. The van der Waals surface area contributed by atoms with Gasteiger partial charge in [0, 0.05) is 42.8 Å². The number of nitrogens with two attached hydrogens (primary N) is 2. The van der Waals surface area contributed by atoms with Gasteiger partial charge in [-0.15, -0.1) is 0 Å². The molecule has 3 rings (SSSR count). The van der Waals surface area contributed by atoms with Crippen LogP contribution in [0.5, 0.6) is 0 Å². The van der Waals surface area contributed by atoms with Crippen LogP contribution in [0.15, 0.2) is 60.8 Å². The Bertz CT molecular complexity index is 2440. The number of aliphatic carboxylic acids is 3. The van der Waals surface area contributed by atoms with Crippen molar-refractivity contribution >= 4 is 81.9 Å². The molecule has 9 atom stereocenters. The van der Waals surface area contributed by atoms with Gasteiger partial charge in [0.2, 0.25) is 41.4 Å². The van der Waals surface area contributed by atoms with Crippen molar-refractivity contribution in [2.24, 2.45) is 23.3 Å². The number of thioether (sulfide) groups is 1. The minimum atomic E-state index is -1.71. The van der Waals surface area contributed by atoms with Crippen molar-refractivity contribution < 1.29 is 63.3 Å². The standard InChI is InChI=1S/C52H76N10O13S/c1-6-30(4)44(62-48(70)38(23-25-76-5)58-50(72)43(54)29(2)3)51(73)59-35(18-12-13-24-53)45(67)60-39(27-32-28-55-34-17-11-10-16-33(32)34)49(71)57-36(19-21-41(63)64)46(68)56-37(20-22-42(65)66)47(69)61-40(52(74)75)26-31-14-8-7-9-15-31/h7-11,14-17,28-30,35-40,43-44,55H,6,12-13,18-27,53-54H2,1-5H3,(H,56,68)(H,57,71)(H,58,72)(H,59,73)(H,60,67)(H,61,69)(H,62,70)(H,63,64)(H,65,66)(H,74,75)/t30-,35-,36-,37-,38-,39-,40-,43-,44-/m0/s1. The molecule has 0 aliphatic heterocycles. The highest BCUT2D eigenvalue weighted by Crippen LogP contribution is 2.20. The van der Waals surface area contributed by atoms with Crippen molar-refractivity contribution in [2.45, 2.75) is 147 Å². The summed E-state index contributed by atoms with van der Waals surface area (Å²) in [5.74, 6) is -10.3. The van der Waals surface area contributed by atoms with E-state index in [1.807, 2.05) is 13.2 Å². The lowest BCUT2D eigenvalue weighted by Crippen LogP contribution is -2.61. The van der Waals surface area contributed by atoms with Gasteiger partial charge in [-0.25, -0.2) is 4.79 Å². The average molecular weight is 1080 g/mol. The van der Waals surface area contributed by atoms with E-state index in [4.69, 9.17) is 11.5 Å². The van der Waals surface area contributed by atoms with Crippen LogP contribution >= 0.6 is 11.8 Å². The van der Waals surface area contributed by atoms with Gasteiger partial charge in [-0.1, -0.05) is 82.6 Å². The lowest BCUT2D eigenvalue weighted by atomic mass is 9.96. The second-order valence-corrected chi connectivity index (χ2v) is 20.0. The van der Waals surface area contributed by atoms with E-state index >= 15 is 0 Å². The summed E-state index contributed by atoms with van der Waals surface area (Å²) in [5, 5.41) is 48.0. The molecule has 3 aromatic rings. The van der Waals surface area contributed by atoms with Gasteiger partial charge in [-0.3, -0.25) is 43.2 Å². The van der Waals surface area contributed by atoms with Gasteiger partial charge < -0.3 is 69.0 Å². The summed E-state index contributed by atoms with van der Waals surface area (Å²) in [4.78, 5) is 137. The van der Waals surface area contributed by atoms with E-state index in [1.165, 1.54) is 11.8 Å². The molecule has 1 heterocycles. The summed E-state index contributed by atoms with van der Waals surface area (Å²) in [7, 11) is 0. The van der Waals surface area contributed by atoms with Crippen LogP contribution in [-0.2, 0) is 60.8 Å². The largest absolute Gasteiger partial charge is 0.481 e. The van der Waals surface area contributed by atoms with E-state index in [2.05, 4.69) is 42.2 Å². The molecule has 2 aromatic carbocycles. The fraction of sp³-hybridized carbons (Fsp3) is 0.538. The molecule has 0 saturated carbocycles. The molecule has 15 N–H and O–H groups in total. The number of carbonyl (C=O) groups excluding carboxylic acids is 7. The van der Waals surface area contributed by atoms with E-state index in [-0.39, 0.29) is 38.1 Å². The van der Waals surface area contributed by atoms with Crippen LogP contribution in [0.4, 0.5) is 0 Å². The average Bonchev–Trinajstić information content (AvgIpc) is 3.79. The lowest BCUT2D eigenvalue weighted by Gasteiger charge is -2.30. The molecular formula is C52H76N10O13S. The molecule has 418 valence electrons. The number of unbranched alkanes of at least 4 members (excludes halogenated alkanes) is 1. The Kier molecular flexibility index (Phi) is 27.0. The van der Waals surface area contributed by atoms with E-state index in [1.54, 1.807) is 81.6 Å². The van der Waals surface area contributed by atoms with E-state index in [9.17, 15) is 63.3 Å². The highest BCUT2D eigenvalue weighted by molar-refractivity contribution is 7.98. The molecule has 24 heteroatoms. The van der Waals surface area contributed by atoms with Crippen LogP contribution in [-0.4, -0.2) is 146 Å². The molecule has 0 spiro atoms. The molecular weight excluding hydrogens is 1000 g/mol. The van der Waals surface area contributed by atoms with Gasteiger partial charge in [0.15, 0.2) is 0 Å². The Hall–Kier alpha value is -7.05. The summed E-state index contributed by atoms with van der Waals surface area (Å²) in [6, 6.07) is 4.54. The van der Waals surface area contributed by atoms with Crippen LogP contribution in [0.2, 0.25) is 0 Å². The number of hydrogen-bond acceptors (Lipinski definition) is 13. The Morgan fingerprint density at radius 3 is 1.61 bits per heavy atom. The zero-order valence-corrected chi connectivity index (χ0v) is 44.5. The van der Waals surface area contributed by atoms with Crippen molar-refractivity contribution in [3.05, 3.63) is 71.9 Å². The van der Waals surface area contributed by atoms with Gasteiger partial charge in [0.1, 0.15) is 42.3 Å². The van der Waals surface area contributed by atoms with Crippen molar-refractivity contribution in [3.63, 3.8) is 0 Å². The third kappa shape index (κ3) is 20.9. The summed E-state index contributed by atoms with van der Waals surface area (Å²) in [6.07, 6.45) is 2.10. The summed E-state index contributed by atoms with van der Waals surface area (Å²) < 4.78 is 0. The number of carboxylic acids is 3. The number of aromatic amines is 1. The predicted molar refractivity (Wildman–Crippen MR) is 285 cm³/mol. The summed E-state index contributed by atoms with van der Waals surface area (Å²) in [5.41, 5.74) is 13.7. The highest BCUT2D eigenvalue weighted by Gasteiger charge is 2.36.